The minimum Gasteiger partial charge on any atom is -0.449 e. The number of thioether (sulfide) groups is 1. The Labute approximate surface area is 255 Å². The number of ketones is 2. The van der Waals surface area contributed by atoms with Crippen LogP contribution in [0.5, 0.6) is 0 Å². The maximum Gasteiger partial charge on any atom is 0.306 e. The molecule has 0 heterocycles. The second kappa shape index (κ2) is 10.5. The van der Waals surface area contributed by atoms with Gasteiger partial charge >= 0.3 is 5.97 Å². The van der Waals surface area contributed by atoms with Crippen LogP contribution < -0.4 is 0 Å². The van der Waals surface area contributed by atoms with E-state index >= 15 is 8.78 Å². The van der Waals surface area contributed by atoms with E-state index in [1.165, 1.54) is 19.1 Å². The first-order valence-electron chi connectivity index (χ1n) is 15.0. The second-order valence-electron chi connectivity index (χ2n) is 13.7. The first-order valence-corrected chi connectivity index (χ1v) is 15.8. The fourth-order valence-corrected chi connectivity index (χ4v) is 10.0. The van der Waals surface area contributed by atoms with Gasteiger partial charge in [-0.05, 0) is 51.2 Å². The van der Waals surface area contributed by atoms with Gasteiger partial charge in [0.05, 0.1) is 10.9 Å². The SMILES string of the molecule is CCC(=O)O[C@]1(C(=O)SC(C)(C)C(=O)c2ccccc2)[C@H](C)CC2C3CC(F)=C4CC(=O)C=C[C@]4(C)[C@@]3(F)[C@@H](O)C[C@@]21C. The number of rotatable bonds is 6. The van der Waals surface area contributed by atoms with Crippen LogP contribution >= 0.6 is 11.8 Å². The molecule has 0 aliphatic heterocycles. The molecule has 0 radical (unpaired) electrons. The summed E-state index contributed by atoms with van der Waals surface area (Å²) in [4.78, 5) is 53.3. The zero-order valence-corrected chi connectivity index (χ0v) is 26.4. The first-order chi connectivity index (χ1) is 20.0. The summed E-state index contributed by atoms with van der Waals surface area (Å²) in [6.45, 7) is 9.93. The quantitative estimate of drug-likeness (QED) is 0.288. The highest BCUT2D eigenvalue weighted by atomic mass is 32.2. The van der Waals surface area contributed by atoms with E-state index in [1.54, 1.807) is 65.0 Å². The Morgan fingerprint density at radius 3 is 2.42 bits per heavy atom. The van der Waals surface area contributed by atoms with Gasteiger partial charge in [-0.25, -0.2) is 8.78 Å². The number of fused-ring (bicyclic) bond motifs is 5. The molecule has 232 valence electrons. The number of carbonyl (C=O) groups is 4. The van der Waals surface area contributed by atoms with E-state index in [0.29, 0.717) is 5.56 Å². The zero-order valence-electron chi connectivity index (χ0n) is 25.5. The predicted molar refractivity (Wildman–Crippen MR) is 160 cm³/mol. The third kappa shape index (κ3) is 4.35. The number of aliphatic hydroxyl groups is 1. The molecule has 5 rings (SSSR count). The molecule has 2 unspecified atom stereocenters. The molecule has 8 atom stereocenters. The number of hydrogen-bond donors (Lipinski definition) is 1. The zero-order chi connectivity index (χ0) is 31.8. The van der Waals surface area contributed by atoms with Crippen molar-refractivity contribution in [2.75, 3.05) is 0 Å². The van der Waals surface area contributed by atoms with Crippen molar-refractivity contribution in [2.45, 2.75) is 95.8 Å². The Bertz CT molecular complexity index is 1440. The third-order valence-electron chi connectivity index (χ3n) is 11.0. The standard InChI is InChI=1S/C34H40F2O6S/c1-7-27(39)42-34(29(41)43-30(3,4)28(40)20-11-9-8-10-12-20)19(2)15-22-23-17-25(35)24-16-21(37)13-14-31(24,5)33(23,36)26(38)18-32(22,34)6/h8-14,19,22-23,26,38H,7,15-18H2,1-6H3/t19-,22?,23?,26+,31+,32+,33+,34+/m1/s1. The molecule has 9 heteroatoms. The average Bonchev–Trinajstić information content (AvgIpc) is 3.17. The van der Waals surface area contributed by atoms with Crippen LogP contribution in [-0.4, -0.2) is 49.9 Å². The van der Waals surface area contributed by atoms with Crippen LogP contribution in [0.4, 0.5) is 8.78 Å². The van der Waals surface area contributed by atoms with Crippen LogP contribution in [0.15, 0.2) is 53.9 Å². The average molecular weight is 615 g/mol. The molecule has 6 nitrogen and oxygen atoms in total. The van der Waals surface area contributed by atoms with E-state index in [1.807, 2.05) is 0 Å². The Kier molecular flexibility index (Phi) is 7.73. The monoisotopic (exact) mass is 614 g/mol. The van der Waals surface area contributed by atoms with Gasteiger partial charge in [0.2, 0.25) is 5.12 Å². The smallest absolute Gasteiger partial charge is 0.306 e. The van der Waals surface area contributed by atoms with Gasteiger partial charge < -0.3 is 9.84 Å². The maximum absolute atomic E-state index is 17.7. The Morgan fingerprint density at radius 2 is 1.79 bits per heavy atom. The van der Waals surface area contributed by atoms with Gasteiger partial charge in [-0.15, -0.1) is 0 Å². The topological polar surface area (TPSA) is 97.7 Å². The third-order valence-corrected chi connectivity index (χ3v) is 12.2. The molecular formula is C34H40F2O6S. The van der Waals surface area contributed by atoms with Gasteiger partial charge in [-0.1, -0.05) is 68.9 Å². The van der Waals surface area contributed by atoms with E-state index in [-0.39, 0.29) is 49.2 Å². The molecule has 0 amide bonds. The van der Waals surface area contributed by atoms with E-state index < -0.39 is 67.6 Å². The number of hydrogen-bond acceptors (Lipinski definition) is 7. The number of aliphatic hydroxyl groups excluding tert-OH is 1. The summed E-state index contributed by atoms with van der Waals surface area (Å²) in [5.74, 6) is -4.10. The summed E-state index contributed by atoms with van der Waals surface area (Å²) in [6, 6.07) is 8.60. The van der Waals surface area contributed by atoms with Gasteiger partial charge in [0.1, 0.15) is 5.83 Å². The highest BCUT2D eigenvalue weighted by Crippen LogP contribution is 2.72. The first kappa shape index (κ1) is 31.8. The van der Waals surface area contributed by atoms with Gasteiger partial charge in [-0.3, -0.25) is 19.2 Å². The molecule has 1 aromatic rings. The Balaban J connectivity index is 1.60. The van der Waals surface area contributed by atoms with Gasteiger partial charge in [0.25, 0.3) is 0 Å². The molecule has 2 fully saturated rings. The molecule has 43 heavy (non-hydrogen) atoms. The van der Waals surface area contributed by atoms with Crippen LogP contribution in [0.2, 0.25) is 0 Å². The summed E-state index contributed by atoms with van der Waals surface area (Å²) in [7, 11) is 0. The van der Waals surface area contributed by atoms with Crippen LogP contribution in [0.1, 0.15) is 84.0 Å². The van der Waals surface area contributed by atoms with E-state index in [9.17, 15) is 24.3 Å². The van der Waals surface area contributed by atoms with Crippen molar-refractivity contribution >= 4 is 34.4 Å². The van der Waals surface area contributed by atoms with Crippen molar-refractivity contribution in [3.8, 4) is 0 Å². The van der Waals surface area contributed by atoms with Crippen LogP contribution in [0.3, 0.4) is 0 Å². The van der Waals surface area contributed by atoms with E-state index in [2.05, 4.69) is 0 Å². The lowest BCUT2D eigenvalue weighted by Crippen LogP contribution is -2.69. The minimum absolute atomic E-state index is 0.0177. The van der Waals surface area contributed by atoms with Gasteiger partial charge in [-0.2, -0.15) is 0 Å². The summed E-state index contributed by atoms with van der Waals surface area (Å²) >= 11 is 0.786. The summed E-state index contributed by atoms with van der Waals surface area (Å²) in [5.41, 5.74) is -6.45. The maximum atomic E-state index is 17.7. The van der Waals surface area contributed by atoms with Crippen LogP contribution in [0, 0.1) is 28.6 Å². The second-order valence-corrected chi connectivity index (χ2v) is 15.3. The number of carbonyl (C=O) groups excluding carboxylic acids is 4. The van der Waals surface area contributed by atoms with E-state index in [4.69, 9.17) is 4.74 Å². The Morgan fingerprint density at radius 1 is 1.14 bits per heavy atom. The molecule has 4 aliphatic carbocycles. The lowest BCUT2D eigenvalue weighted by atomic mass is 9.45. The number of Topliss-reactive ketones (excluding diaryl/α,β-unsaturated/α-hetero) is 1. The van der Waals surface area contributed by atoms with Crippen molar-refractivity contribution in [2.24, 2.45) is 28.6 Å². The number of ether oxygens (including phenoxy) is 1. The van der Waals surface area contributed by atoms with Crippen molar-refractivity contribution in [1.29, 1.82) is 0 Å². The molecule has 4 aliphatic rings. The minimum atomic E-state index is -2.32. The normalized spacial score (nSPS) is 38.7. The van der Waals surface area contributed by atoms with Crippen molar-refractivity contribution in [3.63, 3.8) is 0 Å². The fourth-order valence-electron chi connectivity index (χ4n) is 8.73. The molecule has 1 N–H and O–H groups in total. The molecule has 0 aromatic heterocycles. The number of halogens is 2. The highest BCUT2D eigenvalue weighted by Gasteiger charge is 2.78. The number of benzene rings is 1. The lowest BCUT2D eigenvalue weighted by Gasteiger charge is -2.62. The fraction of sp³-hybridized carbons (Fsp3) is 0.588. The summed E-state index contributed by atoms with van der Waals surface area (Å²) < 4.78 is 38.4. The van der Waals surface area contributed by atoms with Crippen LogP contribution in [0.25, 0.3) is 0 Å². The van der Waals surface area contributed by atoms with E-state index in [0.717, 1.165) is 11.8 Å². The van der Waals surface area contributed by atoms with Crippen molar-refractivity contribution in [3.05, 3.63) is 59.4 Å². The Hall–Kier alpha value is -2.65. The summed E-state index contributed by atoms with van der Waals surface area (Å²) in [6.07, 6.45) is 0.422. The molecule has 0 bridgehead atoms. The molecule has 1 aromatic carbocycles. The lowest BCUT2D eigenvalue weighted by molar-refractivity contribution is -0.223. The molecule has 0 spiro atoms. The summed E-state index contributed by atoms with van der Waals surface area (Å²) in [5, 5.41) is 11.2. The van der Waals surface area contributed by atoms with Crippen molar-refractivity contribution in [1.82, 2.24) is 0 Å². The van der Waals surface area contributed by atoms with Gasteiger partial charge in [0, 0.05) is 47.5 Å². The largest absolute Gasteiger partial charge is 0.449 e. The number of esters is 1. The molecule has 0 saturated heterocycles. The van der Waals surface area contributed by atoms with Crippen LogP contribution in [-0.2, 0) is 19.1 Å². The van der Waals surface area contributed by atoms with Crippen molar-refractivity contribution < 1.29 is 37.8 Å². The molecule has 2 saturated carbocycles. The predicted octanol–water partition coefficient (Wildman–Crippen LogP) is 6.51. The number of alkyl halides is 1. The highest BCUT2D eigenvalue weighted by molar-refractivity contribution is 8.15. The molecular weight excluding hydrogens is 574 g/mol. The van der Waals surface area contributed by atoms with Gasteiger partial charge in [0.15, 0.2) is 22.8 Å². The number of allylic oxidation sites excluding steroid dienone is 4.